The van der Waals surface area contributed by atoms with Crippen LogP contribution >= 0.6 is 0 Å². The minimum atomic E-state index is 0.345. The molecule has 0 fully saturated rings. The Hall–Kier alpha value is -0.660. The largest absolute Gasteiger partial charge is 0.303 e. The zero-order chi connectivity index (χ0) is 11.0. The summed E-state index contributed by atoms with van der Waals surface area (Å²) in [4.78, 5) is 21.6. The highest BCUT2D eigenvalue weighted by molar-refractivity contribution is 5.78. The molecule has 0 heterocycles. The van der Waals surface area contributed by atoms with E-state index in [4.69, 9.17) is 0 Å². The van der Waals surface area contributed by atoms with Gasteiger partial charge in [-0.05, 0) is 18.3 Å². The lowest BCUT2D eigenvalue weighted by molar-refractivity contribution is -0.121. The molecule has 0 spiro atoms. The van der Waals surface area contributed by atoms with Gasteiger partial charge in [-0.3, -0.25) is 4.79 Å². The highest BCUT2D eigenvalue weighted by atomic mass is 16.1. The van der Waals surface area contributed by atoms with Gasteiger partial charge in [0.1, 0.15) is 12.1 Å². The summed E-state index contributed by atoms with van der Waals surface area (Å²) >= 11 is 0. The van der Waals surface area contributed by atoms with Crippen LogP contribution in [0.5, 0.6) is 0 Å². The average Bonchev–Trinajstić information content (AvgIpc) is 2.14. The molecule has 0 aromatic carbocycles. The molecule has 2 atom stereocenters. The number of hydrogen-bond donors (Lipinski definition) is 0. The van der Waals surface area contributed by atoms with Crippen LogP contribution in [0.1, 0.15) is 52.9 Å². The van der Waals surface area contributed by atoms with Crippen molar-refractivity contribution in [3.8, 4) is 0 Å². The van der Waals surface area contributed by atoms with Gasteiger partial charge in [0.2, 0.25) is 0 Å². The van der Waals surface area contributed by atoms with Crippen molar-refractivity contribution in [2.45, 2.75) is 52.9 Å². The highest BCUT2D eigenvalue weighted by Crippen LogP contribution is 2.14. The Morgan fingerprint density at radius 2 is 1.79 bits per heavy atom. The van der Waals surface area contributed by atoms with Gasteiger partial charge in [-0.25, -0.2) is 0 Å². The van der Waals surface area contributed by atoms with Crippen molar-refractivity contribution in [1.82, 2.24) is 0 Å². The Balaban J connectivity index is 3.64. The molecule has 0 aromatic heterocycles. The molecule has 2 heteroatoms. The lowest BCUT2D eigenvalue weighted by Gasteiger charge is -2.11. The van der Waals surface area contributed by atoms with E-state index in [1.807, 2.05) is 6.92 Å². The molecule has 2 nitrogen and oxygen atoms in total. The topological polar surface area (TPSA) is 34.1 Å². The quantitative estimate of drug-likeness (QED) is 0.562. The first-order valence-corrected chi connectivity index (χ1v) is 5.55. The number of aldehydes is 1. The Labute approximate surface area is 87.1 Å². The molecule has 0 radical (unpaired) electrons. The molecule has 0 saturated heterocycles. The van der Waals surface area contributed by atoms with E-state index in [9.17, 15) is 9.59 Å². The van der Waals surface area contributed by atoms with Crippen LogP contribution in [0.25, 0.3) is 0 Å². The fraction of sp³-hybridized carbons (Fsp3) is 0.833. The van der Waals surface area contributed by atoms with Gasteiger partial charge >= 0.3 is 0 Å². The summed E-state index contributed by atoms with van der Waals surface area (Å²) in [6, 6.07) is 0. The predicted molar refractivity (Wildman–Crippen MR) is 58.2 cm³/mol. The number of Topliss-reactive ketones (excluding diaryl/α,β-unsaturated/α-hetero) is 1. The van der Waals surface area contributed by atoms with Crippen molar-refractivity contribution in [1.29, 1.82) is 0 Å². The third kappa shape index (κ3) is 6.81. The summed E-state index contributed by atoms with van der Waals surface area (Å²) in [5.41, 5.74) is 0. The highest BCUT2D eigenvalue weighted by Gasteiger charge is 2.11. The summed E-state index contributed by atoms with van der Waals surface area (Å²) in [5, 5.41) is 0. The number of carbonyl (C=O) groups excluding carboxylic acids is 2. The molecule has 0 amide bonds. The Kier molecular flexibility index (Phi) is 7.35. The van der Waals surface area contributed by atoms with Crippen LogP contribution < -0.4 is 0 Å². The molecular weight excluding hydrogens is 176 g/mol. The standard InChI is InChI=1S/C12H22O2/c1-4-10(2)8-12(14)9-11(3)6-5-7-13/h7,10-11H,4-6,8-9H2,1-3H3. The van der Waals surface area contributed by atoms with E-state index in [1.165, 1.54) is 0 Å². The first-order chi connectivity index (χ1) is 6.60. The van der Waals surface area contributed by atoms with Crippen LogP contribution in [0.3, 0.4) is 0 Å². The monoisotopic (exact) mass is 198 g/mol. The zero-order valence-electron chi connectivity index (χ0n) is 9.58. The van der Waals surface area contributed by atoms with E-state index in [-0.39, 0.29) is 0 Å². The first kappa shape index (κ1) is 13.3. The van der Waals surface area contributed by atoms with Crippen molar-refractivity contribution in [2.24, 2.45) is 11.8 Å². The molecule has 0 N–H and O–H groups in total. The summed E-state index contributed by atoms with van der Waals surface area (Å²) in [7, 11) is 0. The predicted octanol–water partition coefficient (Wildman–Crippen LogP) is 3.00. The van der Waals surface area contributed by atoms with Gasteiger partial charge in [0, 0.05) is 19.3 Å². The van der Waals surface area contributed by atoms with E-state index in [1.54, 1.807) is 0 Å². The van der Waals surface area contributed by atoms with Gasteiger partial charge < -0.3 is 4.79 Å². The maximum atomic E-state index is 11.5. The van der Waals surface area contributed by atoms with Gasteiger partial charge in [0.25, 0.3) is 0 Å². The second-order valence-corrected chi connectivity index (χ2v) is 4.31. The third-order valence-corrected chi connectivity index (χ3v) is 2.63. The van der Waals surface area contributed by atoms with Gasteiger partial charge in [-0.2, -0.15) is 0 Å². The normalized spacial score (nSPS) is 14.8. The number of hydrogen-bond acceptors (Lipinski definition) is 2. The molecular formula is C12H22O2. The summed E-state index contributed by atoms with van der Waals surface area (Å²) < 4.78 is 0. The lowest BCUT2D eigenvalue weighted by atomic mass is 9.94. The van der Waals surface area contributed by atoms with E-state index in [0.717, 1.165) is 19.1 Å². The van der Waals surface area contributed by atoms with E-state index in [0.29, 0.717) is 36.9 Å². The van der Waals surface area contributed by atoms with Crippen molar-refractivity contribution in [2.75, 3.05) is 0 Å². The maximum Gasteiger partial charge on any atom is 0.133 e. The van der Waals surface area contributed by atoms with Crippen LogP contribution in [-0.4, -0.2) is 12.1 Å². The summed E-state index contributed by atoms with van der Waals surface area (Å²) in [6.07, 6.45) is 4.75. The maximum absolute atomic E-state index is 11.5. The smallest absolute Gasteiger partial charge is 0.133 e. The Morgan fingerprint density at radius 3 is 2.29 bits per heavy atom. The van der Waals surface area contributed by atoms with Crippen LogP contribution in [0.15, 0.2) is 0 Å². The zero-order valence-corrected chi connectivity index (χ0v) is 9.58. The molecule has 0 bridgehead atoms. The number of rotatable bonds is 8. The molecule has 0 aliphatic carbocycles. The first-order valence-electron chi connectivity index (χ1n) is 5.55. The molecule has 0 aliphatic heterocycles. The Morgan fingerprint density at radius 1 is 1.21 bits per heavy atom. The summed E-state index contributed by atoms with van der Waals surface area (Å²) in [6.45, 7) is 6.25. The lowest BCUT2D eigenvalue weighted by Crippen LogP contribution is -2.09. The SMILES string of the molecule is CCC(C)CC(=O)CC(C)CCC=O. The Bertz CT molecular complexity index is 175. The second-order valence-electron chi connectivity index (χ2n) is 4.31. The molecule has 14 heavy (non-hydrogen) atoms. The fourth-order valence-corrected chi connectivity index (χ4v) is 1.46. The molecule has 0 aromatic rings. The van der Waals surface area contributed by atoms with Gasteiger partial charge in [0.05, 0.1) is 0 Å². The van der Waals surface area contributed by atoms with Crippen LogP contribution in [0.2, 0.25) is 0 Å². The number of carbonyl (C=O) groups is 2. The molecule has 82 valence electrons. The van der Waals surface area contributed by atoms with Gasteiger partial charge in [0.15, 0.2) is 0 Å². The van der Waals surface area contributed by atoms with E-state index in [2.05, 4.69) is 13.8 Å². The van der Waals surface area contributed by atoms with E-state index >= 15 is 0 Å². The average molecular weight is 198 g/mol. The van der Waals surface area contributed by atoms with Gasteiger partial charge in [-0.15, -0.1) is 0 Å². The number of ketones is 1. The van der Waals surface area contributed by atoms with Crippen LogP contribution in [-0.2, 0) is 9.59 Å². The third-order valence-electron chi connectivity index (χ3n) is 2.63. The minimum Gasteiger partial charge on any atom is -0.303 e. The minimum absolute atomic E-state index is 0.345. The van der Waals surface area contributed by atoms with E-state index < -0.39 is 0 Å². The molecule has 2 unspecified atom stereocenters. The van der Waals surface area contributed by atoms with Crippen molar-refractivity contribution in [3.05, 3.63) is 0 Å². The molecule has 0 rings (SSSR count). The van der Waals surface area contributed by atoms with Crippen molar-refractivity contribution >= 4 is 12.1 Å². The second kappa shape index (κ2) is 7.72. The van der Waals surface area contributed by atoms with Crippen molar-refractivity contribution in [3.63, 3.8) is 0 Å². The molecule has 0 aliphatic rings. The van der Waals surface area contributed by atoms with Crippen molar-refractivity contribution < 1.29 is 9.59 Å². The van der Waals surface area contributed by atoms with Crippen LogP contribution in [0.4, 0.5) is 0 Å². The van der Waals surface area contributed by atoms with Gasteiger partial charge in [-0.1, -0.05) is 27.2 Å². The fourth-order valence-electron chi connectivity index (χ4n) is 1.46. The summed E-state index contributed by atoms with van der Waals surface area (Å²) in [5.74, 6) is 1.20. The molecule has 0 saturated carbocycles. The van der Waals surface area contributed by atoms with Crippen LogP contribution in [0, 0.1) is 11.8 Å².